The Balaban J connectivity index is 2.32. The van der Waals surface area contributed by atoms with E-state index < -0.39 is 5.97 Å². The second-order valence-electron chi connectivity index (χ2n) is 3.30. The molecule has 0 aliphatic heterocycles. The van der Waals surface area contributed by atoms with E-state index in [0.29, 0.717) is 11.9 Å². The van der Waals surface area contributed by atoms with Crippen molar-refractivity contribution in [2.45, 2.75) is 12.8 Å². The molecule has 1 aromatic heterocycles. The van der Waals surface area contributed by atoms with Crippen molar-refractivity contribution < 1.29 is 15.0 Å². The van der Waals surface area contributed by atoms with Gasteiger partial charge in [0.15, 0.2) is 0 Å². The lowest BCUT2D eigenvalue weighted by molar-refractivity contribution is -0.136. The fourth-order valence-electron chi connectivity index (χ4n) is 1.48. The van der Waals surface area contributed by atoms with E-state index >= 15 is 0 Å². The minimum Gasteiger partial charge on any atom is -0.508 e. The molecule has 0 fully saturated rings. The van der Waals surface area contributed by atoms with E-state index in [9.17, 15) is 9.90 Å². The number of H-pyrrole nitrogens is 1. The summed E-state index contributed by atoms with van der Waals surface area (Å²) in [5, 5.41) is 25.4. The summed E-state index contributed by atoms with van der Waals surface area (Å²) in [7, 11) is 0. The average Bonchev–Trinajstić information content (AvgIpc) is 2.57. The average molecular weight is 206 g/mol. The third kappa shape index (κ3) is 1.90. The Kier molecular flexibility index (Phi) is 2.29. The number of aromatic hydroxyl groups is 1. The number of rotatable bonds is 3. The van der Waals surface area contributed by atoms with Crippen LogP contribution in [0.2, 0.25) is 0 Å². The molecule has 0 spiro atoms. The molecule has 0 saturated heterocycles. The Hall–Kier alpha value is -2.04. The Labute approximate surface area is 85.4 Å². The van der Waals surface area contributed by atoms with E-state index in [4.69, 9.17) is 5.11 Å². The number of aromatic amines is 1. The quantitative estimate of drug-likeness (QED) is 0.706. The highest BCUT2D eigenvalue weighted by atomic mass is 16.4. The maximum absolute atomic E-state index is 10.4. The molecule has 0 aliphatic carbocycles. The molecule has 3 N–H and O–H groups in total. The van der Waals surface area contributed by atoms with Gasteiger partial charge in [0.1, 0.15) is 5.75 Å². The van der Waals surface area contributed by atoms with Gasteiger partial charge in [-0.05, 0) is 12.1 Å². The summed E-state index contributed by atoms with van der Waals surface area (Å²) >= 11 is 0. The van der Waals surface area contributed by atoms with Gasteiger partial charge in [0, 0.05) is 23.6 Å². The molecule has 0 atom stereocenters. The summed E-state index contributed by atoms with van der Waals surface area (Å²) in [6.45, 7) is 0. The number of benzene rings is 1. The summed E-state index contributed by atoms with van der Waals surface area (Å²) in [6.07, 6.45) is 0.481. The highest BCUT2D eigenvalue weighted by molar-refractivity contribution is 5.83. The maximum atomic E-state index is 10.4. The first-order valence-corrected chi connectivity index (χ1v) is 4.54. The highest BCUT2D eigenvalue weighted by Gasteiger charge is 2.07. The molecule has 5 heteroatoms. The van der Waals surface area contributed by atoms with Gasteiger partial charge in [0.25, 0.3) is 0 Å². The first-order chi connectivity index (χ1) is 7.16. The molecule has 0 amide bonds. The summed E-state index contributed by atoms with van der Waals surface area (Å²) in [5.41, 5.74) is 1.43. The number of hydrogen-bond acceptors (Lipinski definition) is 3. The van der Waals surface area contributed by atoms with Crippen LogP contribution in [0.1, 0.15) is 12.1 Å². The second-order valence-corrected chi connectivity index (χ2v) is 3.30. The summed E-state index contributed by atoms with van der Waals surface area (Å²) in [4.78, 5) is 10.4. The molecule has 0 bridgehead atoms. The van der Waals surface area contributed by atoms with Gasteiger partial charge >= 0.3 is 5.97 Å². The summed E-state index contributed by atoms with van der Waals surface area (Å²) in [6, 6.07) is 4.82. The third-order valence-electron chi connectivity index (χ3n) is 2.21. The molecular formula is C10H10N2O3. The van der Waals surface area contributed by atoms with Crippen molar-refractivity contribution in [3.63, 3.8) is 0 Å². The van der Waals surface area contributed by atoms with Gasteiger partial charge in [0.2, 0.25) is 0 Å². The van der Waals surface area contributed by atoms with Crippen molar-refractivity contribution in [3.05, 3.63) is 23.9 Å². The van der Waals surface area contributed by atoms with E-state index in [1.807, 2.05) is 0 Å². The van der Waals surface area contributed by atoms with Crippen LogP contribution >= 0.6 is 0 Å². The lowest BCUT2D eigenvalue weighted by Gasteiger charge is -1.95. The fraction of sp³-hybridized carbons (Fsp3) is 0.200. The SMILES string of the molecule is O=C(O)CCc1[nH]nc2cc(O)ccc12. The molecule has 2 rings (SSSR count). The van der Waals surface area contributed by atoms with Gasteiger partial charge in [-0.15, -0.1) is 0 Å². The molecule has 78 valence electrons. The highest BCUT2D eigenvalue weighted by Crippen LogP contribution is 2.21. The minimum absolute atomic E-state index is 0.0676. The molecule has 0 unspecified atom stereocenters. The predicted molar refractivity (Wildman–Crippen MR) is 53.7 cm³/mol. The van der Waals surface area contributed by atoms with Gasteiger partial charge in [-0.25, -0.2) is 0 Å². The number of hydrogen-bond donors (Lipinski definition) is 3. The molecule has 0 saturated carbocycles. The number of fused-ring (bicyclic) bond motifs is 1. The van der Waals surface area contributed by atoms with Gasteiger partial charge in [-0.2, -0.15) is 5.10 Å². The molecule has 2 aromatic rings. The fourth-order valence-corrected chi connectivity index (χ4v) is 1.48. The van der Waals surface area contributed by atoms with Gasteiger partial charge < -0.3 is 10.2 Å². The first-order valence-electron chi connectivity index (χ1n) is 4.54. The van der Waals surface area contributed by atoms with Crippen LogP contribution in [-0.4, -0.2) is 26.4 Å². The zero-order valence-electron chi connectivity index (χ0n) is 7.90. The zero-order valence-corrected chi connectivity index (χ0v) is 7.90. The Morgan fingerprint density at radius 1 is 1.47 bits per heavy atom. The zero-order chi connectivity index (χ0) is 10.8. The number of aliphatic carboxylic acids is 1. The van der Waals surface area contributed by atoms with Gasteiger partial charge in [0.05, 0.1) is 11.9 Å². The van der Waals surface area contributed by atoms with E-state index in [-0.39, 0.29) is 12.2 Å². The second kappa shape index (κ2) is 3.61. The van der Waals surface area contributed by atoms with Crippen LogP contribution in [0.3, 0.4) is 0 Å². The molecule has 0 radical (unpaired) electrons. The van der Waals surface area contributed by atoms with Crippen LogP contribution < -0.4 is 0 Å². The maximum Gasteiger partial charge on any atom is 0.303 e. The van der Waals surface area contributed by atoms with Crippen LogP contribution in [0, 0.1) is 0 Å². The van der Waals surface area contributed by atoms with E-state index in [0.717, 1.165) is 11.1 Å². The standard InChI is InChI=1S/C10H10N2O3/c13-6-1-2-7-8(3-4-10(14)15)11-12-9(7)5-6/h1-2,5,13H,3-4H2,(H,11,12)(H,14,15). The van der Waals surface area contributed by atoms with Crippen molar-refractivity contribution in [2.24, 2.45) is 0 Å². The third-order valence-corrected chi connectivity index (χ3v) is 2.21. The number of nitrogens with zero attached hydrogens (tertiary/aromatic N) is 1. The number of aromatic nitrogens is 2. The Morgan fingerprint density at radius 2 is 2.27 bits per heavy atom. The number of carboxylic acid groups (broad SMARTS) is 1. The van der Waals surface area contributed by atoms with Crippen molar-refractivity contribution in [2.75, 3.05) is 0 Å². The van der Waals surface area contributed by atoms with Crippen molar-refractivity contribution in [1.82, 2.24) is 10.2 Å². The van der Waals surface area contributed by atoms with Crippen LogP contribution in [0.25, 0.3) is 10.9 Å². The van der Waals surface area contributed by atoms with E-state index in [1.54, 1.807) is 12.1 Å². The number of aryl methyl sites for hydroxylation is 1. The molecule has 5 nitrogen and oxygen atoms in total. The van der Waals surface area contributed by atoms with Gasteiger partial charge in [-0.1, -0.05) is 0 Å². The molecule has 1 heterocycles. The van der Waals surface area contributed by atoms with Crippen LogP contribution in [0.4, 0.5) is 0 Å². The number of phenolic OH excluding ortho intramolecular Hbond substituents is 1. The number of phenols is 1. The molecular weight excluding hydrogens is 196 g/mol. The Bertz CT molecular complexity index is 504. The summed E-state index contributed by atoms with van der Waals surface area (Å²) in [5.74, 6) is -0.685. The first kappa shape index (κ1) is 9.51. The van der Waals surface area contributed by atoms with Crippen molar-refractivity contribution in [3.8, 4) is 5.75 Å². The van der Waals surface area contributed by atoms with Crippen LogP contribution in [-0.2, 0) is 11.2 Å². The monoisotopic (exact) mass is 206 g/mol. The van der Waals surface area contributed by atoms with Crippen molar-refractivity contribution >= 4 is 16.9 Å². The van der Waals surface area contributed by atoms with Gasteiger partial charge in [-0.3, -0.25) is 9.89 Å². The number of carboxylic acids is 1. The van der Waals surface area contributed by atoms with E-state index in [1.165, 1.54) is 6.07 Å². The molecule has 0 aliphatic rings. The van der Waals surface area contributed by atoms with Crippen molar-refractivity contribution in [1.29, 1.82) is 0 Å². The predicted octanol–water partition coefficient (Wildman–Crippen LogP) is 1.29. The smallest absolute Gasteiger partial charge is 0.303 e. The summed E-state index contributed by atoms with van der Waals surface area (Å²) < 4.78 is 0. The number of nitrogens with one attached hydrogen (secondary N) is 1. The Morgan fingerprint density at radius 3 is 3.00 bits per heavy atom. The van der Waals surface area contributed by atoms with Crippen LogP contribution in [0.5, 0.6) is 5.75 Å². The number of carbonyl (C=O) groups is 1. The largest absolute Gasteiger partial charge is 0.508 e. The topological polar surface area (TPSA) is 86.2 Å². The molecule has 15 heavy (non-hydrogen) atoms. The van der Waals surface area contributed by atoms with Crippen LogP contribution in [0.15, 0.2) is 18.2 Å². The molecule has 1 aromatic carbocycles. The minimum atomic E-state index is -0.837. The lowest BCUT2D eigenvalue weighted by atomic mass is 10.1. The lowest BCUT2D eigenvalue weighted by Crippen LogP contribution is -1.97. The van der Waals surface area contributed by atoms with E-state index in [2.05, 4.69) is 10.2 Å². The normalized spacial score (nSPS) is 10.7.